The van der Waals surface area contributed by atoms with Crippen LogP contribution in [0.5, 0.6) is 0 Å². The summed E-state index contributed by atoms with van der Waals surface area (Å²) < 4.78 is 28.1. The Labute approximate surface area is 182 Å². The van der Waals surface area contributed by atoms with E-state index >= 15 is 0 Å². The van der Waals surface area contributed by atoms with Crippen LogP contribution in [0.25, 0.3) is 0 Å². The van der Waals surface area contributed by atoms with Crippen molar-refractivity contribution in [1.82, 2.24) is 14.8 Å². The van der Waals surface area contributed by atoms with Crippen molar-refractivity contribution in [3.8, 4) is 0 Å². The fraction of sp³-hybridized carbons (Fsp3) is 0.250. The van der Waals surface area contributed by atoms with Gasteiger partial charge in [0.1, 0.15) is 11.6 Å². The van der Waals surface area contributed by atoms with Crippen molar-refractivity contribution in [2.45, 2.75) is 36.2 Å². The minimum Gasteiger partial charge on any atom is -0.305 e. The molecule has 6 nitrogen and oxygen atoms in total. The molecule has 2 aromatic carbocycles. The van der Waals surface area contributed by atoms with Gasteiger partial charge in [0.15, 0.2) is 20.8 Å². The van der Waals surface area contributed by atoms with Crippen LogP contribution >= 0.6 is 27.7 Å². The number of hydrogen-bond acceptors (Lipinski definition) is 6. The highest BCUT2D eigenvalue weighted by Gasteiger charge is 2.21. The monoisotopic (exact) mass is 493 g/mol. The molecule has 0 bridgehead atoms. The van der Waals surface area contributed by atoms with Gasteiger partial charge in [-0.25, -0.2) is 8.42 Å². The summed E-state index contributed by atoms with van der Waals surface area (Å²) in [5.74, 6) is 0.302. The zero-order valence-electron chi connectivity index (χ0n) is 16.0. The smallest absolute Gasteiger partial charge is 0.191 e. The Morgan fingerprint density at radius 3 is 2.34 bits per heavy atom. The first kappa shape index (κ1) is 21.7. The van der Waals surface area contributed by atoms with Crippen LogP contribution in [-0.4, -0.2) is 34.7 Å². The summed E-state index contributed by atoms with van der Waals surface area (Å²) in [5, 5.41) is 8.72. The Morgan fingerprint density at radius 1 is 1.07 bits per heavy atom. The lowest BCUT2D eigenvalue weighted by Crippen LogP contribution is -2.11. The molecule has 3 rings (SSSR count). The molecule has 0 aliphatic carbocycles. The molecule has 0 fully saturated rings. The van der Waals surface area contributed by atoms with Gasteiger partial charge in [0.2, 0.25) is 0 Å². The highest BCUT2D eigenvalue weighted by Crippen LogP contribution is 2.22. The molecule has 3 aromatic rings. The summed E-state index contributed by atoms with van der Waals surface area (Å²) >= 11 is 4.61. The maximum absolute atomic E-state index is 12.7. The summed E-state index contributed by atoms with van der Waals surface area (Å²) in [6.45, 7) is 4.32. The van der Waals surface area contributed by atoms with Gasteiger partial charge in [-0.05, 0) is 38.1 Å². The van der Waals surface area contributed by atoms with Crippen LogP contribution in [0.3, 0.4) is 0 Å². The van der Waals surface area contributed by atoms with E-state index in [1.807, 2.05) is 26.0 Å². The molecule has 0 spiro atoms. The van der Waals surface area contributed by atoms with Gasteiger partial charge in [-0.15, -0.1) is 10.2 Å². The summed E-state index contributed by atoms with van der Waals surface area (Å²) in [6, 6.07) is 13.9. The third-order valence-electron chi connectivity index (χ3n) is 4.31. The van der Waals surface area contributed by atoms with E-state index in [4.69, 9.17) is 0 Å². The van der Waals surface area contributed by atoms with Crippen LogP contribution < -0.4 is 0 Å². The summed E-state index contributed by atoms with van der Waals surface area (Å²) in [6.07, 6.45) is 0. The normalized spacial score (nSPS) is 11.6. The number of hydrogen-bond donors (Lipinski definition) is 0. The summed E-state index contributed by atoms with van der Waals surface area (Å²) in [7, 11) is -3.53. The average molecular weight is 494 g/mol. The van der Waals surface area contributed by atoms with Gasteiger partial charge in [0.05, 0.1) is 10.6 Å². The van der Waals surface area contributed by atoms with Gasteiger partial charge in [-0.2, -0.15) is 0 Å². The molecule has 0 radical (unpaired) electrons. The van der Waals surface area contributed by atoms with E-state index in [2.05, 4.69) is 26.1 Å². The van der Waals surface area contributed by atoms with Gasteiger partial charge >= 0.3 is 0 Å². The zero-order chi connectivity index (χ0) is 21.0. The molecule has 0 N–H and O–H groups in total. The van der Waals surface area contributed by atoms with Crippen LogP contribution in [0.2, 0.25) is 0 Å². The van der Waals surface area contributed by atoms with Crippen LogP contribution in [0.4, 0.5) is 0 Å². The topological polar surface area (TPSA) is 81.9 Å². The van der Waals surface area contributed by atoms with Crippen molar-refractivity contribution in [3.63, 3.8) is 0 Å². The first-order valence-electron chi connectivity index (χ1n) is 8.93. The van der Waals surface area contributed by atoms with Crippen molar-refractivity contribution < 1.29 is 13.2 Å². The molecular weight excluding hydrogens is 474 g/mol. The number of carbonyl (C=O) groups is 1. The Hall–Kier alpha value is -1.97. The van der Waals surface area contributed by atoms with E-state index in [-0.39, 0.29) is 22.2 Å². The second-order valence-corrected chi connectivity index (χ2v) is 10.3. The first-order valence-corrected chi connectivity index (χ1v) is 12.4. The number of ketones is 1. The van der Waals surface area contributed by atoms with E-state index in [9.17, 15) is 13.2 Å². The van der Waals surface area contributed by atoms with E-state index in [0.29, 0.717) is 23.1 Å². The first-order chi connectivity index (χ1) is 13.8. The lowest BCUT2D eigenvalue weighted by Gasteiger charge is -2.08. The minimum atomic E-state index is -3.53. The molecule has 29 heavy (non-hydrogen) atoms. The number of aryl methyl sites for hydroxylation is 1. The quantitative estimate of drug-likeness (QED) is 0.343. The van der Waals surface area contributed by atoms with Gasteiger partial charge in [-0.3, -0.25) is 4.79 Å². The Bertz CT molecular complexity index is 1110. The van der Waals surface area contributed by atoms with Crippen LogP contribution in [-0.2, 0) is 22.1 Å². The van der Waals surface area contributed by atoms with Gasteiger partial charge in [-0.1, -0.05) is 57.5 Å². The molecule has 9 heteroatoms. The molecule has 0 unspecified atom stereocenters. The molecule has 0 aliphatic heterocycles. The Kier molecular flexibility index (Phi) is 6.92. The highest BCUT2D eigenvalue weighted by molar-refractivity contribution is 9.10. The van der Waals surface area contributed by atoms with Crippen molar-refractivity contribution in [2.24, 2.45) is 0 Å². The summed E-state index contributed by atoms with van der Waals surface area (Å²) in [5.41, 5.74) is 1.61. The number of nitrogens with zero attached hydrogens (tertiary/aromatic N) is 3. The van der Waals surface area contributed by atoms with Crippen molar-refractivity contribution >= 4 is 43.3 Å². The number of thioether (sulfide) groups is 1. The third-order valence-corrected chi connectivity index (χ3v) is 7.43. The second kappa shape index (κ2) is 9.23. The number of Topliss-reactive ketones (excluding diaryl/α,β-unsaturated/α-hetero) is 1. The molecule has 0 aliphatic rings. The van der Waals surface area contributed by atoms with E-state index in [1.165, 1.54) is 11.8 Å². The third kappa shape index (κ3) is 5.34. The molecule has 0 atom stereocenters. The minimum absolute atomic E-state index is 0.0259. The molecule has 1 heterocycles. The largest absolute Gasteiger partial charge is 0.305 e. The zero-order valence-corrected chi connectivity index (χ0v) is 19.2. The molecule has 0 saturated heterocycles. The fourth-order valence-corrected chi connectivity index (χ4v) is 5.15. The van der Waals surface area contributed by atoms with Crippen molar-refractivity contribution in [1.29, 1.82) is 0 Å². The molecule has 1 aromatic heterocycles. The lowest BCUT2D eigenvalue weighted by molar-refractivity contribution is 0.102. The Balaban J connectivity index is 1.73. The predicted octanol–water partition coefficient (Wildman–Crippen LogP) is 4.32. The molecule has 152 valence electrons. The molecular formula is C20H20BrN3O3S2. The SMILES string of the molecule is CCn1c(CS(=O)(=O)c2ccc(C)cc2)nnc1SCC(=O)c1ccc(Br)cc1. The van der Waals surface area contributed by atoms with Crippen molar-refractivity contribution in [2.75, 3.05) is 5.75 Å². The number of benzene rings is 2. The average Bonchev–Trinajstić information content (AvgIpc) is 3.07. The van der Waals surface area contributed by atoms with E-state index in [0.717, 1.165) is 10.0 Å². The number of sulfone groups is 1. The van der Waals surface area contributed by atoms with Gasteiger partial charge < -0.3 is 4.57 Å². The number of halogens is 1. The maximum atomic E-state index is 12.7. The number of rotatable bonds is 8. The second-order valence-electron chi connectivity index (χ2n) is 6.43. The number of aromatic nitrogens is 3. The standard InChI is InChI=1S/C20H20BrN3O3S2/c1-3-24-19(13-29(26,27)17-10-4-14(2)5-11-17)22-23-20(24)28-12-18(25)15-6-8-16(21)9-7-15/h4-11H,3,12-13H2,1-2H3. The maximum Gasteiger partial charge on any atom is 0.191 e. The predicted molar refractivity (Wildman–Crippen MR) is 117 cm³/mol. The lowest BCUT2D eigenvalue weighted by atomic mass is 10.2. The van der Waals surface area contributed by atoms with E-state index < -0.39 is 9.84 Å². The summed E-state index contributed by atoms with van der Waals surface area (Å²) in [4.78, 5) is 12.6. The van der Waals surface area contributed by atoms with Crippen molar-refractivity contribution in [3.05, 3.63) is 70.0 Å². The number of carbonyl (C=O) groups excluding carboxylic acids is 1. The van der Waals surface area contributed by atoms with Crippen LogP contribution in [0.15, 0.2) is 63.1 Å². The molecule has 0 amide bonds. The van der Waals surface area contributed by atoms with E-state index in [1.54, 1.807) is 41.0 Å². The van der Waals surface area contributed by atoms with Gasteiger partial charge in [0, 0.05) is 16.6 Å². The Morgan fingerprint density at radius 2 is 1.72 bits per heavy atom. The highest BCUT2D eigenvalue weighted by atomic mass is 79.9. The van der Waals surface area contributed by atoms with Crippen LogP contribution in [0, 0.1) is 6.92 Å². The molecule has 0 saturated carbocycles. The van der Waals surface area contributed by atoms with Crippen LogP contribution in [0.1, 0.15) is 28.7 Å². The fourth-order valence-electron chi connectivity index (χ4n) is 2.70. The van der Waals surface area contributed by atoms with Gasteiger partial charge in [0.25, 0.3) is 0 Å².